The SMILES string of the molecule is CC(C)/C(=N\OS(=O)(=O)[O-])S[C@@H]1O[C@H](CO)[C@@H](O)[C@H](O)[C@H]1O. The van der Waals surface area contributed by atoms with Gasteiger partial charge in [0, 0.05) is 5.92 Å². The van der Waals surface area contributed by atoms with Crippen LogP contribution in [0.2, 0.25) is 0 Å². The summed E-state index contributed by atoms with van der Waals surface area (Å²) in [6, 6.07) is 0. The zero-order valence-electron chi connectivity index (χ0n) is 11.8. The van der Waals surface area contributed by atoms with E-state index in [1.165, 1.54) is 0 Å². The number of ether oxygens (including phenoxy) is 1. The van der Waals surface area contributed by atoms with Crippen molar-refractivity contribution in [3.8, 4) is 0 Å². The highest BCUT2D eigenvalue weighted by atomic mass is 32.3. The van der Waals surface area contributed by atoms with Gasteiger partial charge in [0.15, 0.2) is 0 Å². The highest BCUT2D eigenvalue weighted by Gasteiger charge is 2.44. The van der Waals surface area contributed by atoms with Crippen molar-refractivity contribution < 1.29 is 42.4 Å². The van der Waals surface area contributed by atoms with Crippen LogP contribution in [0.1, 0.15) is 13.8 Å². The smallest absolute Gasteiger partial charge is 0.284 e. The number of nitrogens with zero attached hydrogens (tertiary/aromatic N) is 1. The summed E-state index contributed by atoms with van der Waals surface area (Å²) in [4.78, 5) is 0. The fraction of sp³-hybridized carbons (Fsp3) is 0.900. The predicted molar refractivity (Wildman–Crippen MR) is 74.4 cm³/mol. The molecule has 1 fully saturated rings. The summed E-state index contributed by atoms with van der Waals surface area (Å²) in [6.07, 6.45) is -5.69. The van der Waals surface area contributed by atoms with Crippen molar-refractivity contribution in [1.82, 2.24) is 0 Å². The average Bonchev–Trinajstić information content (AvgIpc) is 2.41. The van der Waals surface area contributed by atoms with Gasteiger partial charge in [-0.25, -0.2) is 0 Å². The van der Waals surface area contributed by atoms with Crippen LogP contribution in [0.3, 0.4) is 0 Å². The van der Waals surface area contributed by atoms with Crippen molar-refractivity contribution in [2.45, 2.75) is 43.7 Å². The molecular weight excluding hydrogens is 342 g/mol. The fourth-order valence-corrected chi connectivity index (χ4v) is 2.94. The molecule has 22 heavy (non-hydrogen) atoms. The first-order chi connectivity index (χ1) is 10.1. The van der Waals surface area contributed by atoms with E-state index in [9.17, 15) is 28.3 Å². The Bertz CT molecular complexity index is 493. The number of aliphatic hydroxyl groups is 4. The van der Waals surface area contributed by atoms with Crippen LogP contribution in [0.4, 0.5) is 0 Å². The van der Waals surface area contributed by atoms with Crippen LogP contribution in [0.25, 0.3) is 0 Å². The molecule has 0 aliphatic carbocycles. The molecule has 0 aromatic rings. The summed E-state index contributed by atoms with van der Waals surface area (Å²) in [5.41, 5.74) is -1.14. The Morgan fingerprint density at radius 1 is 1.32 bits per heavy atom. The molecule has 10 nitrogen and oxygen atoms in total. The van der Waals surface area contributed by atoms with E-state index in [0.29, 0.717) is 11.8 Å². The first-order valence-corrected chi connectivity index (χ1v) is 8.47. The van der Waals surface area contributed by atoms with Gasteiger partial charge in [0.2, 0.25) is 0 Å². The maximum atomic E-state index is 10.4. The number of oxime groups is 1. The van der Waals surface area contributed by atoms with Crippen LogP contribution < -0.4 is 0 Å². The highest BCUT2D eigenvalue weighted by molar-refractivity contribution is 8.14. The lowest BCUT2D eigenvalue weighted by Crippen LogP contribution is -2.57. The Morgan fingerprint density at radius 2 is 1.91 bits per heavy atom. The zero-order chi connectivity index (χ0) is 17.1. The van der Waals surface area contributed by atoms with Crippen molar-refractivity contribution in [2.75, 3.05) is 6.61 Å². The highest BCUT2D eigenvalue weighted by Crippen LogP contribution is 2.31. The van der Waals surface area contributed by atoms with Gasteiger partial charge in [0.05, 0.1) is 6.61 Å². The van der Waals surface area contributed by atoms with Gasteiger partial charge < -0.3 is 29.7 Å². The van der Waals surface area contributed by atoms with Crippen LogP contribution in [-0.2, 0) is 19.4 Å². The lowest BCUT2D eigenvalue weighted by Gasteiger charge is -2.39. The molecule has 0 amide bonds. The molecule has 0 bridgehead atoms. The third-order valence-corrected chi connectivity index (χ3v) is 4.46. The van der Waals surface area contributed by atoms with Gasteiger partial charge in [-0.2, -0.15) is 8.42 Å². The third-order valence-electron chi connectivity index (χ3n) is 2.80. The Hall–Kier alpha value is -0.470. The van der Waals surface area contributed by atoms with Crippen molar-refractivity contribution in [3.05, 3.63) is 0 Å². The number of hydrogen-bond acceptors (Lipinski definition) is 11. The largest absolute Gasteiger partial charge is 0.714 e. The van der Waals surface area contributed by atoms with Crippen LogP contribution in [0.5, 0.6) is 0 Å². The molecule has 4 N–H and O–H groups in total. The maximum absolute atomic E-state index is 10.4. The van der Waals surface area contributed by atoms with E-state index in [0.717, 1.165) is 0 Å². The second-order valence-corrected chi connectivity index (χ2v) is 6.97. The molecule has 1 aliphatic rings. The maximum Gasteiger partial charge on any atom is 0.284 e. The van der Waals surface area contributed by atoms with Crippen LogP contribution >= 0.6 is 11.8 Å². The van der Waals surface area contributed by atoms with E-state index in [-0.39, 0.29) is 11.0 Å². The number of hydrogen-bond donors (Lipinski definition) is 4. The minimum absolute atomic E-state index is 0.0174. The molecule has 130 valence electrons. The number of thioether (sulfide) groups is 1. The van der Waals surface area contributed by atoms with E-state index >= 15 is 0 Å². The predicted octanol–water partition coefficient (Wildman–Crippen LogP) is -2.03. The Balaban J connectivity index is 2.88. The van der Waals surface area contributed by atoms with Crippen molar-refractivity contribution in [1.29, 1.82) is 0 Å². The third kappa shape index (κ3) is 5.31. The molecule has 12 heteroatoms. The topological polar surface area (TPSA) is 169 Å². The van der Waals surface area contributed by atoms with Gasteiger partial charge >= 0.3 is 0 Å². The zero-order valence-corrected chi connectivity index (χ0v) is 13.4. The lowest BCUT2D eigenvalue weighted by atomic mass is 10.0. The van der Waals surface area contributed by atoms with Crippen LogP contribution in [-0.4, -0.2) is 74.9 Å². The summed E-state index contributed by atoms with van der Waals surface area (Å²) in [7, 11) is -5.03. The molecule has 0 radical (unpaired) electrons. The van der Waals surface area contributed by atoms with E-state index in [1.807, 2.05) is 0 Å². The summed E-state index contributed by atoms with van der Waals surface area (Å²) in [5, 5.41) is 41.5. The van der Waals surface area contributed by atoms with Gasteiger partial charge in [-0.1, -0.05) is 30.8 Å². The molecule has 0 aromatic heterocycles. The minimum Gasteiger partial charge on any atom is -0.714 e. The normalized spacial score (nSPS) is 34.0. The fourth-order valence-electron chi connectivity index (χ4n) is 1.63. The lowest BCUT2D eigenvalue weighted by molar-refractivity contribution is -0.205. The Kier molecular flexibility index (Phi) is 7.01. The summed E-state index contributed by atoms with van der Waals surface area (Å²) in [5.74, 6) is -0.376. The molecule has 1 heterocycles. The minimum atomic E-state index is -5.03. The van der Waals surface area contributed by atoms with E-state index in [2.05, 4.69) is 9.44 Å². The standard InChI is InChI=1S/C10H19NO9S2/c1-4(2)9(11-20-22(16,17)18)21-10-8(15)7(14)6(13)5(3-12)19-10/h4-8,10,12-15H,3H2,1-2H3,(H,16,17,18)/p-1/b11-9+/t5-,6-,7+,8-,10+/m1/s1. The quantitative estimate of drug-likeness (QED) is 0.141. The molecule has 1 aliphatic heterocycles. The van der Waals surface area contributed by atoms with E-state index in [1.54, 1.807) is 13.8 Å². The number of rotatable bonds is 5. The molecule has 1 rings (SSSR count). The average molecular weight is 360 g/mol. The van der Waals surface area contributed by atoms with Gasteiger partial charge in [0.25, 0.3) is 10.4 Å². The van der Waals surface area contributed by atoms with Crippen molar-refractivity contribution in [3.63, 3.8) is 0 Å². The molecular formula is C10H18NO9S2-. The molecule has 0 spiro atoms. The monoisotopic (exact) mass is 360 g/mol. The second kappa shape index (κ2) is 7.88. The molecule has 0 saturated carbocycles. The van der Waals surface area contributed by atoms with Gasteiger partial charge in [-0.3, -0.25) is 4.28 Å². The van der Waals surface area contributed by atoms with Gasteiger partial charge in [0.1, 0.15) is 34.9 Å². The van der Waals surface area contributed by atoms with E-state index < -0.39 is 46.9 Å². The van der Waals surface area contributed by atoms with Gasteiger partial charge in [-0.15, -0.1) is 0 Å². The molecule has 5 atom stereocenters. The Labute approximate surface area is 131 Å². The van der Waals surface area contributed by atoms with Gasteiger partial charge in [-0.05, 0) is 0 Å². The summed E-state index contributed by atoms with van der Waals surface area (Å²) >= 11 is 0.715. The number of aliphatic hydroxyl groups excluding tert-OH is 4. The van der Waals surface area contributed by atoms with Crippen molar-refractivity contribution >= 4 is 27.2 Å². The Morgan fingerprint density at radius 3 is 2.36 bits per heavy atom. The molecule has 0 unspecified atom stereocenters. The van der Waals surface area contributed by atoms with Crippen molar-refractivity contribution in [2.24, 2.45) is 11.1 Å². The van der Waals surface area contributed by atoms with E-state index in [4.69, 9.17) is 9.84 Å². The first-order valence-electron chi connectivity index (χ1n) is 6.26. The molecule has 0 aromatic carbocycles. The summed E-state index contributed by atoms with van der Waals surface area (Å²) in [6.45, 7) is 2.65. The second-order valence-electron chi connectivity index (χ2n) is 4.88. The first kappa shape index (κ1) is 19.6. The van der Waals surface area contributed by atoms with Crippen LogP contribution in [0.15, 0.2) is 5.16 Å². The van der Waals surface area contributed by atoms with Crippen LogP contribution in [0, 0.1) is 5.92 Å². The summed E-state index contributed by atoms with van der Waals surface area (Å²) < 4.78 is 40.3. The molecule has 1 saturated heterocycles.